The minimum absolute atomic E-state index is 0.0212. The van der Waals surface area contributed by atoms with Crippen LogP contribution >= 0.6 is 0 Å². The van der Waals surface area contributed by atoms with E-state index in [1.54, 1.807) is 19.1 Å². The molecule has 2 aromatic rings. The zero-order valence-electron chi connectivity index (χ0n) is 11.8. The number of aryl methyl sites for hydroxylation is 1. The summed E-state index contributed by atoms with van der Waals surface area (Å²) in [4.78, 5) is 22.1. The molecule has 0 spiro atoms. The highest BCUT2D eigenvalue weighted by atomic mass is 19.4. The lowest BCUT2D eigenvalue weighted by atomic mass is 10.1. The molecule has 22 heavy (non-hydrogen) atoms. The van der Waals surface area contributed by atoms with Crippen molar-refractivity contribution in [1.29, 1.82) is 0 Å². The van der Waals surface area contributed by atoms with Gasteiger partial charge in [0.05, 0.1) is 19.2 Å². The summed E-state index contributed by atoms with van der Waals surface area (Å²) in [5.41, 5.74) is 2.07. The van der Waals surface area contributed by atoms with Gasteiger partial charge in [-0.1, -0.05) is 0 Å². The SMILES string of the molecule is COC(=O)Cc1cc(-c2cnc(C(F)(F)F)nc2)cc(C)n1. The second kappa shape index (κ2) is 6.08. The summed E-state index contributed by atoms with van der Waals surface area (Å²) >= 11 is 0. The number of rotatable bonds is 3. The van der Waals surface area contributed by atoms with Gasteiger partial charge in [-0.3, -0.25) is 9.78 Å². The molecular formula is C14H12F3N3O2. The Morgan fingerprint density at radius 1 is 1.18 bits per heavy atom. The summed E-state index contributed by atoms with van der Waals surface area (Å²) in [6.45, 7) is 1.72. The molecule has 0 aliphatic heterocycles. The molecule has 2 aromatic heterocycles. The summed E-state index contributed by atoms with van der Waals surface area (Å²) in [5.74, 6) is -1.65. The Morgan fingerprint density at radius 2 is 1.82 bits per heavy atom. The van der Waals surface area contributed by atoms with Gasteiger partial charge >= 0.3 is 12.1 Å². The fourth-order valence-corrected chi connectivity index (χ4v) is 1.84. The zero-order chi connectivity index (χ0) is 16.3. The van der Waals surface area contributed by atoms with E-state index in [9.17, 15) is 18.0 Å². The third kappa shape index (κ3) is 3.78. The Labute approximate surface area is 124 Å². The van der Waals surface area contributed by atoms with Crippen molar-refractivity contribution in [3.05, 3.63) is 41.7 Å². The number of pyridine rings is 1. The van der Waals surface area contributed by atoms with E-state index in [0.29, 0.717) is 22.5 Å². The van der Waals surface area contributed by atoms with Crippen LogP contribution < -0.4 is 0 Å². The van der Waals surface area contributed by atoms with Gasteiger partial charge in [-0.25, -0.2) is 9.97 Å². The van der Waals surface area contributed by atoms with Crippen LogP contribution in [0.3, 0.4) is 0 Å². The van der Waals surface area contributed by atoms with Crippen LogP contribution in [0.1, 0.15) is 17.2 Å². The molecule has 0 unspecified atom stereocenters. The third-order valence-corrected chi connectivity index (χ3v) is 2.80. The van der Waals surface area contributed by atoms with Gasteiger partial charge in [-0.2, -0.15) is 13.2 Å². The summed E-state index contributed by atoms with van der Waals surface area (Å²) in [7, 11) is 1.27. The number of hydrogen-bond acceptors (Lipinski definition) is 5. The van der Waals surface area contributed by atoms with Crippen LogP contribution in [0.2, 0.25) is 0 Å². The molecule has 0 radical (unpaired) electrons. The van der Waals surface area contributed by atoms with Crippen LogP contribution in [0, 0.1) is 6.92 Å². The van der Waals surface area contributed by atoms with Crippen molar-refractivity contribution in [1.82, 2.24) is 15.0 Å². The number of aromatic nitrogens is 3. The van der Waals surface area contributed by atoms with E-state index < -0.39 is 18.0 Å². The van der Waals surface area contributed by atoms with Gasteiger partial charge in [0.2, 0.25) is 5.82 Å². The Morgan fingerprint density at radius 3 is 2.36 bits per heavy atom. The fourth-order valence-electron chi connectivity index (χ4n) is 1.84. The maximum Gasteiger partial charge on any atom is 0.451 e. The van der Waals surface area contributed by atoms with Crippen LogP contribution in [0.4, 0.5) is 13.2 Å². The summed E-state index contributed by atoms with van der Waals surface area (Å²) < 4.78 is 41.9. The third-order valence-electron chi connectivity index (χ3n) is 2.80. The molecule has 0 saturated carbocycles. The Hall–Kier alpha value is -2.51. The molecule has 0 aromatic carbocycles. The van der Waals surface area contributed by atoms with Crippen LogP contribution in [-0.4, -0.2) is 28.0 Å². The molecule has 8 heteroatoms. The van der Waals surface area contributed by atoms with Crippen molar-refractivity contribution in [2.75, 3.05) is 7.11 Å². The quantitative estimate of drug-likeness (QED) is 0.815. The smallest absolute Gasteiger partial charge is 0.451 e. The minimum Gasteiger partial charge on any atom is -0.469 e. The van der Waals surface area contributed by atoms with Gasteiger partial charge in [0.1, 0.15) is 0 Å². The maximum absolute atomic E-state index is 12.4. The van der Waals surface area contributed by atoms with E-state index in [0.717, 1.165) is 12.4 Å². The Bertz CT molecular complexity index is 685. The molecule has 0 fully saturated rings. The molecule has 2 heterocycles. The van der Waals surface area contributed by atoms with Crippen LogP contribution in [0.25, 0.3) is 11.1 Å². The summed E-state index contributed by atoms with van der Waals surface area (Å²) in [6.07, 6.45) is -2.42. The number of carbonyl (C=O) groups excluding carboxylic acids is 1. The van der Waals surface area contributed by atoms with E-state index in [4.69, 9.17) is 0 Å². The van der Waals surface area contributed by atoms with Crippen molar-refractivity contribution in [2.45, 2.75) is 19.5 Å². The van der Waals surface area contributed by atoms with Gasteiger partial charge in [0.15, 0.2) is 0 Å². The Kier molecular flexibility index (Phi) is 4.39. The van der Waals surface area contributed by atoms with Crippen LogP contribution in [-0.2, 0) is 22.1 Å². The first kappa shape index (κ1) is 15.9. The first-order valence-electron chi connectivity index (χ1n) is 6.23. The van der Waals surface area contributed by atoms with E-state index in [1.807, 2.05) is 0 Å². The Balaban J connectivity index is 2.34. The van der Waals surface area contributed by atoms with Gasteiger partial charge in [-0.15, -0.1) is 0 Å². The topological polar surface area (TPSA) is 65.0 Å². The highest BCUT2D eigenvalue weighted by Gasteiger charge is 2.34. The van der Waals surface area contributed by atoms with E-state index >= 15 is 0 Å². The second-order valence-electron chi connectivity index (χ2n) is 4.53. The molecule has 116 valence electrons. The van der Waals surface area contributed by atoms with E-state index in [-0.39, 0.29) is 6.42 Å². The van der Waals surface area contributed by atoms with Crippen LogP contribution in [0.5, 0.6) is 0 Å². The molecule has 0 aliphatic carbocycles. The summed E-state index contributed by atoms with van der Waals surface area (Å²) in [6, 6.07) is 3.27. The van der Waals surface area contributed by atoms with Gasteiger partial charge in [0, 0.05) is 23.7 Å². The average Bonchev–Trinajstić information content (AvgIpc) is 2.45. The predicted octanol–water partition coefficient (Wildman–Crippen LogP) is 2.58. The molecule has 2 rings (SSSR count). The highest BCUT2D eigenvalue weighted by Crippen LogP contribution is 2.27. The van der Waals surface area contributed by atoms with Crippen molar-refractivity contribution in [3.8, 4) is 11.1 Å². The number of methoxy groups -OCH3 is 1. The molecule has 0 N–H and O–H groups in total. The second-order valence-corrected chi connectivity index (χ2v) is 4.53. The largest absolute Gasteiger partial charge is 0.469 e. The number of esters is 1. The van der Waals surface area contributed by atoms with Gasteiger partial charge in [0.25, 0.3) is 0 Å². The molecule has 0 amide bonds. The average molecular weight is 311 g/mol. The lowest BCUT2D eigenvalue weighted by molar-refractivity contribution is -0.145. The van der Waals surface area contributed by atoms with Gasteiger partial charge in [-0.05, 0) is 24.6 Å². The minimum atomic E-state index is -4.58. The monoisotopic (exact) mass is 311 g/mol. The summed E-state index contributed by atoms with van der Waals surface area (Å²) in [5, 5.41) is 0. The number of halogens is 3. The number of carbonyl (C=O) groups is 1. The first-order chi connectivity index (χ1) is 10.3. The molecule has 0 atom stereocenters. The molecular weight excluding hydrogens is 299 g/mol. The first-order valence-corrected chi connectivity index (χ1v) is 6.23. The molecule has 0 bridgehead atoms. The van der Waals surface area contributed by atoms with Gasteiger partial charge < -0.3 is 4.74 Å². The molecule has 5 nitrogen and oxygen atoms in total. The number of hydrogen-bond donors (Lipinski definition) is 0. The number of nitrogens with zero attached hydrogens (tertiary/aromatic N) is 3. The molecule has 0 saturated heterocycles. The normalized spacial score (nSPS) is 11.3. The predicted molar refractivity (Wildman–Crippen MR) is 70.7 cm³/mol. The lowest BCUT2D eigenvalue weighted by Crippen LogP contribution is -2.10. The molecule has 0 aliphatic rings. The van der Waals surface area contributed by atoms with E-state index in [2.05, 4.69) is 19.7 Å². The highest BCUT2D eigenvalue weighted by molar-refractivity contribution is 5.73. The lowest BCUT2D eigenvalue weighted by Gasteiger charge is -2.08. The van der Waals surface area contributed by atoms with Crippen molar-refractivity contribution in [2.24, 2.45) is 0 Å². The number of ether oxygens (including phenoxy) is 1. The zero-order valence-corrected chi connectivity index (χ0v) is 11.8. The van der Waals surface area contributed by atoms with Crippen molar-refractivity contribution in [3.63, 3.8) is 0 Å². The van der Waals surface area contributed by atoms with Crippen LogP contribution in [0.15, 0.2) is 24.5 Å². The standard InChI is InChI=1S/C14H12F3N3O2/c1-8-3-9(4-11(20-8)5-12(21)22-2)10-6-18-13(19-7-10)14(15,16)17/h3-4,6-7H,5H2,1-2H3. The van der Waals surface area contributed by atoms with Crippen molar-refractivity contribution >= 4 is 5.97 Å². The number of alkyl halides is 3. The fraction of sp³-hybridized carbons (Fsp3) is 0.286. The van der Waals surface area contributed by atoms with E-state index in [1.165, 1.54) is 7.11 Å². The maximum atomic E-state index is 12.4. The van der Waals surface area contributed by atoms with Crippen molar-refractivity contribution < 1.29 is 22.7 Å².